The number of guanidine groups is 1. The van der Waals surface area contributed by atoms with Crippen LogP contribution >= 0.6 is 35.6 Å². The SMILES string of the molecule is CN=C(NC)N(C)CCOc1ccc(Cl)cc1.I. The summed E-state index contributed by atoms with van der Waals surface area (Å²) in [6, 6.07) is 7.34. The van der Waals surface area contributed by atoms with Crippen molar-refractivity contribution >= 4 is 41.5 Å². The fourth-order valence-electron chi connectivity index (χ4n) is 1.41. The van der Waals surface area contributed by atoms with Crippen LogP contribution in [0.1, 0.15) is 0 Å². The number of likely N-dealkylation sites (N-methyl/N-ethyl adjacent to an activating group) is 1. The van der Waals surface area contributed by atoms with Crippen molar-refractivity contribution < 1.29 is 4.74 Å². The number of nitrogens with one attached hydrogen (secondary N) is 1. The average Bonchev–Trinajstić information content (AvgIpc) is 2.33. The number of rotatable bonds is 4. The number of aliphatic imine (C=N–C) groups is 1. The van der Waals surface area contributed by atoms with Crippen LogP contribution in [0.5, 0.6) is 5.75 Å². The van der Waals surface area contributed by atoms with E-state index in [9.17, 15) is 0 Å². The van der Waals surface area contributed by atoms with Crippen molar-refractivity contribution in [2.45, 2.75) is 0 Å². The summed E-state index contributed by atoms with van der Waals surface area (Å²) in [7, 11) is 5.56. The van der Waals surface area contributed by atoms with Crippen LogP contribution in [-0.4, -0.2) is 45.2 Å². The minimum Gasteiger partial charge on any atom is -0.492 e. The summed E-state index contributed by atoms with van der Waals surface area (Å²) >= 11 is 5.79. The second-order valence-corrected chi connectivity index (χ2v) is 3.96. The number of hydrogen-bond acceptors (Lipinski definition) is 2. The van der Waals surface area contributed by atoms with Crippen LogP contribution < -0.4 is 10.1 Å². The van der Waals surface area contributed by atoms with Gasteiger partial charge in [0.15, 0.2) is 5.96 Å². The van der Waals surface area contributed by atoms with Crippen LogP contribution in [-0.2, 0) is 0 Å². The number of benzene rings is 1. The molecule has 0 heterocycles. The van der Waals surface area contributed by atoms with Crippen molar-refractivity contribution in [1.82, 2.24) is 10.2 Å². The molecular weight excluding hydrogens is 365 g/mol. The molecule has 0 radical (unpaired) electrons. The van der Waals surface area contributed by atoms with Crippen molar-refractivity contribution in [2.24, 2.45) is 4.99 Å². The van der Waals surface area contributed by atoms with Crippen molar-refractivity contribution in [3.05, 3.63) is 29.3 Å². The van der Waals surface area contributed by atoms with Crippen LogP contribution in [0.2, 0.25) is 5.02 Å². The lowest BCUT2D eigenvalue weighted by molar-refractivity contribution is 0.282. The van der Waals surface area contributed by atoms with E-state index in [-0.39, 0.29) is 24.0 Å². The van der Waals surface area contributed by atoms with Gasteiger partial charge in [-0.15, -0.1) is 24.0 Å². The van der Waals surface area contributed by atoms with Crippen molar-refractivity contribution in [2.75, 3.05) is 34.3 Å². The van der Waals surface area contributed by atoms with Crippen molar-refractivity contribution in [3.63, 3.8) is 0 Å². The van der Waals surface area contributed by atoms with Gasteiger partial charge in [0.2, 0.25) is 0 Å². The molecule has 0 fully saturated rings. The van der Waals surface area contributed by atoms with Crippen LogP contribution in [0.15, 0.2) is 29.3 Å². The largest absolute Gasteiger partial charge is 0.492 e. The third-order valence-corrected chi connectivity index (χ3v) is 2.56. The van der Waals surface area contributed by atoms with Crippen molar-refractivity contribution in [3.8, 4) is 5.75 Å². The van der Waals surface area contributed by atoms with Gasteiger partial charge in [-0.05, 0) is 24.3 Å². The Morgan fingerprint density at radius 3 is 2.50 bits per heavy atom. The maximum Gasteiger partial charge on any atom is 0.193 e. The maximum atomic E-state index is 5.79. The van der Waals surface area contributed by atoms with Crippen molar-refractivity contribution in [1.29, 1.82) is 0 Å². The van der Waals surface area contributed by atoms with Gasteiger partial charge < -0.3 is 15.0 Å². The molecule has 0 saturated heterocycles. The first kappa shape index (κ1) is 17.3. The summed E-state index contributed by atoms with van der Waals surface area (Å²) in [4.78, 5) is 6.10. The summed E-state index contributed by atoms with van der Waals surface area (Å²) < 4.78 is 5.59. The van der Waals surface area contributed by atoms with Gasteiger partial charge in [0.25, 0.3) is 0 Å². The Bertz CT molecular complexity index is 370. The maximum absolute atomic E-state index is 5.79. The van der Waals surface area contributed by atoms with Crippen LogP contribution in [0.3, 0.4) is 0 Å². The highest BCUT2D eigenvalue weighted by Crippen LogP contribution is 2.15. The van der Waals surface area contributed by atoms with Gasteiger partial charge in [-0.2, -0.15) is 0 Å². The van der Waals surface area contributed by atoms with E-state index in [2.05, 4.69) is 10.3 Å². The molecule has 0 unspecified atom stereocenters. The molecule has 0 aliphatic carbocycles. The summed E-state index contributed by atoms with van der Waals surface area (Å²) in [5, 5.41) is 3.72. The third-order valence-electron chi connectivity index (χ3n) is 2.31. The number of halogens is 2. The first-order valence-corrected chi connectivity index (χ1v) is 5.79. The Morgan fingerprint density at radius 1 is 1.39 bits per heavy atom. The zero-order valence-electron chi connectivity index (χ0n) is 10.8. The lowest BCUT2D eigenvalue weighted by atomic mass is 10.3. The Hall–Kier alpha value is -0.690. The van der Waals surface area contributed by atoms with Crippen LogP contribution in [0.4, 0.5) is 0 Å². The van der Waals surface area contributed by atoms with E-state index in [1.54, 1.807) is 7.05 Å². The van der Waals surface area contributed by atoms with E-state index in [0.29, 0.717) is 11.6 Å². The molecule has 1 N–H and O–H groups in total. The average molecular weight is 384 g/mol. The lowest BCUT2D eigenvalue weighted by Gasteiger charge is -2.20. The highest BCUT2D eigenvalue weighted by molar-refractivity contribution is 14.0. The van der Waals surface area contributed by atoms with Gasteiger partial charge in [-0.1, -0.05) is 11.6 Å². The predicted octanol–water partition coefficient (Wildman–Crippen LogP) is 2.47. The Morgan fingerprint density at radius 2 is 2.00 bits per heavy atom. The second-order valence-electron chi connectivity index (χ2n) is 3.52. The molecule has 18 heavy (non-hydrogen) atoms. The Labute approximate surface area is 130 Å². The first-order chi connectivity index (χ1) is 8.17. The lowest BCUT2D eigenvalue weighted by Crippen LogP contribution is -2.38. The normalized spacial score (nSPS) is 10.6. The highest BCUT2D eigenvalue weighted by Gasteiger charge is 2.02. The van der Waals surface area contributed by atoms with Gasteiger partial charge in [-0.25, -0.2) is 0 Å². The fraction of sp³-hybridized carbons (Fsp3) is 0.417. The molecule has 0 aromatic heterocycles. The van der Waals surface area contributed by atoms with Gasteiger partial charge in [0.1, 0.15) is 12.4 Å². The molecule has 0 bridgehead atoms. The summed E-state index contributed by atoms with van der Waals surface area (Å²) in [6.07, 6.45) is 0. The zero-order valence-corrected chi connectivity index (χ0v) is 13.9. The van der Waals surface area contributed by atoms with E-state index >= 15 is 0 Å². The van der Waals surface area contributed by atoms with Crippen LogP contribution in [0.25, 0.3) is 0 Å². The molecular formula is C12H19ClIN3O. The first-order valence-electron chi connectivity index (χ1n) is 5.41. The summed E-state index contributed by atoms with van der Waals surface area (Å²) in [5.74, 6) is 1.66. The molecule has 0 saturated carbocycles. The minimum atomic E-state index is 0. The molecule has 0 atom stereocenters. The van der Waals surface area contributed by atoms with E-state index < -0.39 is 0 Å². The summed E-state index contributed by atoms with van der Waals surface area (Å²) in [5.41, 5.74) is 0. The van der Waals surface area contributed by atoms with E-state index in [1.807, 2.05) is 43.3 Å². The molecule has 0 aliphatic heterocycles. The Balaban J connectivity index is 0.00000289. The number of ether oxygens (including phenoxy) is 1. The highest BCUT2D eigenvalue weighted by atomic mass is 127. The van der Waals surface area contributed by atoms with E-state index in [4.69, 9.17) is 16.3 Å². The quantitative estimate of drug-likeness (QED) is 0.493. The molecule has 0 amide bonds. The van der Waals surface area contributed by atoms with E-state index in [1.165, 1.54) is 0 Å². The molecule has 1 aromatic rings. The van der Waals surface area contributed by atoms with Gasteiger partial charge in [0, 0.05) is 26.2 Å². The molecule has 102 valence electrons. The molecule has 4 nitrogen and oxygen atoms in total. The standard InChI is InChI=1S/C12H18ClN3O.HI/c1-14-12(15-2)16(3)8-9-17-11-6-4-10(13)5-7-11;/h4-7H,8-9H2,1-3H3,(H,14,15);1H. The minimum absolute atomic E-state index is 0. The van der Waals surface area contributed by atoms with Gasteiger partial charge in [-0.3, -0.25) is 4.99 Å². The van der Waals surface area contributed by atoms with Crippen LogP contribution in [0, 0.1) is 0 Å². The van der Waals surface area contributed by atoms with Gasteiger partial charge in [0.05, 0.1) is 6.54 Å². The zero-order chi connectivity index (χ0) is 12.7. The second kappa shape index (κ2) is 9.27. The number of nitrogens with zero attached hydrogens (tertiary/aromatic N) is 2. The monoisotopic (exact) mass is 383 g/mol. The molecule has 1 rings (SSSR count). The predicted molar refractivity (Wildman–Crippen MR) is 87.4 cm³/mol. The Kier molecular flexibility index (Phi) is 8.91. The molecule has 0 spiro atoms. The molecule has 1 aromatic carbocycles. The smallest absolute Gasteiger partial charge is 0.193 e. The third kappa shape index (κ3) is 5.77. The summed E-state index contributed by atoms with van der Waals surface area (Å²) in [6.45, 7) is 1.36. The van der Waals surface area contributed by atoms with Gasteiger partial charge >= 0.3 is 0 Å². The molecule has 0 aliphatic rings. The topological polar surface area (TPSA) is 36.9 Å². The fourth-order valence-corrected chi connectivity index (χ4v) is 1.54. The van der Waals surface area contributed by atoms with E-state index in [0.717, 1.165) is 18.3 Å². The molecule has 6 heteroatoms. The number of hydrogen-bond donors (Lipinski definition) is 1.